The van der Waals surface area contributed by atoms with Gasteiger partial charge in [0.15, 0.2) is 5.58 Å². The molecule has 2 heterocycles. The zero-order chi connectivity index (χ0) is 20.4. The number of hydrogen-bond acceptors (Lipinski definition) is 5. The van der Waals surface area contributed by atoms with E-state index in [0.29, 0.717) is 37.5 Å². The highest BCUT2D eigenvalue weighted by atomic mass is 19.4. The molecular weight excluding hydrogens is 385 g/mol. The first-order valence-electron chi connectivity index (χ1n) is 9.24. The smallest absolute Gasteiger partial charge is 0.416 e. The van der Waals surface area contributed by atoms with Gasteiger partial charge in [-0.2, -0.15) is 18.2 Å². The Labute approximate surface area is 164 Å². The Morgan fingerprint density at radius 3 is 2.59 bits per heavy atom. The van der Waals surface area contributed by atoms with Crippen molar-refractivity contribution in [3.05, 3.63) is 54.1 Å². The molecule has 9 heteroatoms. The highest BCUT2D eigenvalue weighted by Crippen LogP contribution is 2.30. The number of benzene rings is 2. The number of nitrogens with zero attached hydrogens (tertiary/aromatic N) is 2. The van der Waals surface area contributed by atoms with E-state index in [2.05, 4.69) is 15.8 Å². The number of amides is 1. The largest absolute Gasteiger partial charge is 0.423 e. The number of oxazole rings is 1. The molecule has 152 valence electrons. The first-order chi connectivity index (χ1) is 13.9. The van der Waals surface area contributed by atoms with E-state index in [1.807, 2.05) is 29.2 Å². The number of piperidine rings is 1. The number of alkyl halides is 3. The van der Waals surface area contributed by atoms with Gasteiger partial charge in [-0.1, -0.05) is 18.2 Å². The van der Waals surface area contributed by atoms with Gasteiger partial charge >= 0.3 is 6.18 Å². The molecule has 2 aromatic carbocycles. The van der Waals surface area contributed by atoms with E-state index in [1.165, 1.54) is 12.1 Å². The number of halogens is 3. The summed E-state index contributed by atoms with van der Waals surface area (Å²) >= 11 is 0. The van der Waals surface area contributed by atoms with Crippen LogP contribution < -0.4 is 15.8 Å². The summed E-state index contributed by atoms with van der Waals surface area (Å²) in [5, 5.41) is 0. The molecule has 1 aromatic heterocycles. The van der Waals surface area contributed by atoms with E-state index in [1.54, 1.807) is 0 Å². The third-order valence-corrected chi connectivity index (χ3v) is 4.94. The highest BCUT2D eigenvalue weighted by molar-refractivity contribution is 5.80. The lowest BCUT2D eigenvalue weighted by Gasteiger charge is -2.30. The predicted octanol–water partition coefficient (Wildman–Crippen LogP) is 4.21. The van der Waals surface area contributed by atoms with Crippen LogP contribution in [0.1, 0.15) is 18.4 Å². The van der Waals surface area contributed by atoms with Gasteiger partial charge in [0, 0.05) is 19.0 Å². The minimum atomic E-state index is -4.43. The van der Waals surface area contributed by atoms with Gasteiger partial charge in [-0.05, 0) is 43.2 Å². The van der Waals surface area contributed by atoms with Crippen molar-refractivity contribution in [1.29, 1.82) is 0 Å². The van der Waals surface area contributed by atoms with Gasteiger partial charge in [0.25, 0.3) is 6.01 Å². The summed E-state index contributed by atoms with van der Waals surface area (Å²) < 4.78 is 44.1. The monoisotopic (exact) mass is 404 g/mol. The number of hydrazine groups is 1. The number of hydrogen-bond donors (Lipinski definition) is 2. The summed E-state index contributed by atoms with van der Waals surface area (Å²) in [7, 11) is 0. The van der Waals surface area contributed by atoms with Crippen molar-refractivity contribution in [3.8, 4) is 0 Å². The maximum absolute atomic E-state index is 12.8. The number of fused-ring (bicyclic) bond motifs is 1. The Kier molecular flexibility index (Phi) is 5.04. The Bertz CT molecular complexity index is 977. The number of carbonyl (C=O) groups excluding carboxylic acids is 1. The van der Waals surface area contributed by atoms with Gasteiger partial charge in [0.1, 0.15) is 5.52 Å². The molecule has 0 saturated carbocycles. The van der Waals surface area contributed by atoms with Crippen molar-refractivity contribution in [2.75, 3.05) is 23.4 Å². The lowest BCUT2D eigenvalue weighted by molar-refractivity contribution is -0.137. The summed E-state index contributed by atoms with van der Waals surface area (Å²) in [6, 6.07) is 12.7. The number of rotatable bonds is 4. The fourth-order valence-corrected chi connectivity index (χ4v) is 3.34. The molecule has 0 spiro atoms. The molecule has 1 amide bonds. The lowest BCUT2D eigenvalue weighted by Crippen LogP contribution is -2.42. The molecule has 4 rings (SSSR count). The second kappa shape index (κ2) is 7.65. The summed E-state index contributed by atoms with van der Waals surface area (Å²) in [6.45, 7) is 1.21. The second-order valence-corrected chi connectivity index (χ2v) is 6.92. The molecule has 1 aliphatic heterocycles. The van der Waals surface area contributed by atoms with Crippen LogP contribution in [0, 0.1) is 5.92 Å². The van der Waals surface area contributed by atoms with Crippen LogP contribution in [0.2, 0.25) is 0 Å². The zero-order valence-electron chi connectivity index (χ0n) is 15.4. The van der Waals surface area contributed by atoms with Crippen LogP contribution in [0.4, 0.5) is 24.9 Å². The molecule has 6 nitrogen and oxygen atoms in total. The summed E-state index contributed by atoms with van der Waals surface area (Å²) in [5.74, 6) is -0.492. The van der Waals surface area contributed by atoms with Gasteiger partial charge in [0.2, 0.25) is 5.91 Å². The Balaban J connectivity index is 1.31. The maximum Gasteiger partial charge on any atom is 0.416 e. The van der Waals surface area contributed by atoms with Crippen LogP contribution in [0.15, 0.2) is 52.9 Å². The van der Waals surface area contributed by atoms with Crippen LogP contribution in [0.3, 0.4) is 0 Å². The van der Waals surface area contributed by atoms with Gasteiger partial charge in [-0.15, -0.1) is 0 Å². The predicted molar refractivity (Wildman–Crippen MR) is 102 cm³/mol. The van der Waals surface area contributed by atoms with Crippen molar-refractivity contribution < 1.29 is 22.4 Å². The van der Waals surface area contributed by atoms with E-state index >= 15 is 0 Å². The normalized spacial score (nSPS) is 15.5. The SMILES string of the molecule is O=C(NNc1cccc(C(F)(F)F)c1)C1CCN(c2nc3ccccc3o2)CC1. The minimum absolute atomic E-state index is 0.178. The number of carbonyl (C=O) groups is 1. The number of nitrogens with one attached hydrogen (secondary N) is 2. The Morgan fingerprint density at radius 1 is 1.10 bits per heavy atom. The van der Waals surface area contributed by atoms with Crippen molar-refractivity contribution in [3.63, 3.8) is 0 Å². The molecule has 0 atom stereocenters. The average molecular weight is 404 g/mol. The van der Waals surface area contributed by atoms with Crippen LogP contribution in [-0.4, -0.2) is 24.0 Å². The van der Waals surface area contributed by atoms with Crippen molar-refractivity contribution in [2.24, 2.45) is 5.92 Å². The molecule has 0 radical (unpaired) electrons. The first-order valence-corrected chi connectivity index (χ1v) is 9.24. The van der Waals surface area contributed by atoms with E-state index in [0.717, 1.165) is 17.6 Å². The fourth-order valence-electron chi connectivity index (χ4n) is 3.34. The van der Waals surface area contributed by atoms with Crippen molar-refractivity contribution in [1.82, 2.24) is 10.4 Å². The second-order valence-electron chi connectivity index (χ2n) is 6.92. The minimum Gasteiger partial charge on any atom is -0.423 e. The number of anilines is 2. The molecule has 1 aliphatic rings. The van der Waals surface area contributed by atoms with Gasteiger partial charge in [-0.3, -0.25) is 15.6 Å². The zero-order valence-corrected chi connectivity index (χ0v) is 15.4. The van der Waals surface area contributed by atoms with Gasteiger partial charge in [0.05, 0.1) is 11.3 Å². The summed E-state index contributed by atoms with van der Waals surface area (Å²) in [5.41, 5.74) is 5.98. The number of aromatic nitrogens is 1. The molecule has 0 unspecified atom stereocenters. The highest BCUT2D eigenvalue weighted by Gasteiger charge is 2.31. The average Bonchev–Trinajstić information content (AvgIpc) is 3.16. The van der Waals surface area contributed by atoms with Crippen LogP contribution in [0.25, 0.3) is 11.1 Å². The quantitative estimate of drug-likeness (QED) is 0.638. The molecule has 1 fully saturated rings. The van der Waals surface area contributed by atoms with E-state index in [-0.39, 0.29) is 17.5 Å². The lowest BCUT2D eigenvalue weighted by atomic mass is 9.96. The third kappa shape index (κ3) is 4.28. The molecule has 1 saturated heterocycles. The standard InChI is InChI=1S/C20H19F3N4O2/c21-20(22,23)14-4-3-5-15(12-14)25-26-18(28)13-8-10-27(11-9-13)19-24-16-6-1-2-7-17(16)29-19/h1-7,12-13,25H,8-11H2,(H,26,28). The van der Waals surface area contributed by atoms with Gasteiger partial charge in [-0.25, -0.2) is 0 Å². The molecule has 2 N–H and O–H groups in total. The fraction of sp³-hybridized carbons (Fsp3) is 0.300. The van der Waals surface area contributed by atoms with Crippen LogP contribution in [0.5, 0.6) is 0 Å². The van der Waals surface area contributed by atoms with Gasteiger partial charge < -0.3 is 9.32 Å². The van der Waals surface area contributed by atoms with Crippen molar-refractivity contribution >= 4 is 28.7 Å². The Morgan fingerprint density at radius 2 is 1.86 bits per heavy atom. The van der Waals surface area contributed by atoms with Crippen LogP contribution >= 0.6 is 0 Å². The summed E-state index contributed by atoms with van der Waals surface area (Å²) in [6.07, 6.45) is -3.25. The topological polar surface area (TPSA) is 70.4 Å². The van der Waals surface area contributed by atoms with E-state index in [4.69, 9.17) is 4.42 Å². The van der Waals surface area contributed by atoms with Crippen molar-refractivity contribution in [2.45, 2.75) is 19.0 Å². The summed E-state index contributed by atoms with van der Waals surface area (Å²) in [4.78, 5) is 18.8. The first kappa shape index (κ1) is 19.1. The maximum atomic E-state index is 12.8. The molecule has 0 aliphatic carbocycles. The number of para-hydroxylation sites is 2. The molecule has 3 aromatic rings. The van der Waals surface area contributed by atoms with E-state index < -0.39 is 11.7 Å². The third-order valence-electron chi connectivity index (χ3n) is 4.94. The molecule has 29 heavy (non-hydrogen) atoms. The molecular formula is C20H19F3N4O2. The van der Waals surface area contributed by atoms with Crippen LogP contribution in [-0.2, 0) is 11.0 Å². The van der Waals surface area contributed by atoms with E-state index in [9.17, 15) is 18.0 Å². The molecule has 0 bridgehead atoms. The Hall–Kier alpha value is -3.23.